The van der Waals surface area contributed by atoms with Crippen molar-refractivity contribution in [2.24, 2.45) is 0 Å². The Hall–Kier alpha value is -3.13. The molecule has 0 aromatic heterocycles. The molecule has 2 aromatic rings. The summed E-state index contributed by atoms with van der Waals surface area (Å²) in [5, 5.41) is 15.4. The van der Waals surface area contributed by atoms with Gasteiger partial charge in [0.25, 0.3) is 5.69 Å². The van der Waals surface area contributed by atoms with Gasteiger partial charge in [-0.25, -0.2) is 0 Å². The molecular formula is C15H12ClN3O5. The SMILES string of the molecule is COc1cccc(NC(=O)C(=O)Nc2cc([N+](=O)[O-])ccc2Cl)c1. The van der Waals surface area contributed by atoms with Crippen LogP contribution >= 0.6 is 11.6 Å². The summed E-state index contributed by atoms with van der Waals surface area (Å²) < 4.78 is 5.01. The lowest BCUT2D eigenvalue weighted by atomic mass is 10.2. The molecule has 2 rings (SSSR count). The van der Waals surface area contributed by atoms with Gasteiger partial charge in [-0.3, -0.25) is 19.7 Å². The number of halogens is 1. The second-order valence-corrected chi connectivity index (χ2v) is 4.97. The van der Waals surface area contributed by atoms with Gasteiger partial charge in [0.1, 0.15) is 5.75 Å². The molecule has 0 unspecified atom stereocenters. The number of ether oxygens (including phenoxy) is 1. The number of methoxy groups -OCH3 is 1. The van der Waals surface area contributed by atoms with Crippen LogP contribution in [0.2, 0.25) is 5.02 Å². The fourth-order valence-corrected chi connectivity index (χ4v) is 1.96. The van der Waals surface area contributed by atoms with E-state index < -0.39 is 16.7 Å². The van der Waals surface area contributed by atoms with E-state index in [1.54, 1.807) is 18.2 Å². The number of hydrogen-bond acceptors (Lipinski definition) is 5. The van der Waals surface area contributed by atoms with Crippen molar-refractivity contribution in [1.29, 1.82) is 0 Å². The monoisotopic (exact) mass is 349 g/mol. The van der Waals surface area contributed by atoms with Gasteiger partial charge in [-0.15, -0.1) is 0 Å². The molecule has 0 bridgehead atoms. The molecule has 124 valence electrons. The average Bonchev–Trinajstić information content (AvgIpc) is 2.56. The molecule has 0 fully saturated rings. The molecule has 9 heteroatoms. The van der Waals surface area contributed by atoms with Crippen molar-refractivity contribution in [3.8, 4) is 5.75 Å². The maximum atomic E-state index is 11.9. The molecule has 2 aromatic carbocycles. The van der Waals surface area contributed by atoms with Crippen molar-refractivity contribution in [1.82, 2.24) is 0 Å². The van der Waals surface area contributed by atoms with Crippen molar-refractivity contribution in [3.05, 3.63) is 57.6 Å². The van der Waals surface area contributed by atoms with Gasteiger partial charge in [0.2, 0.25) is 0 Å². The first-order valence-corrected chi connectivity index (χ1v) is 6.99. The van der Waals surface area contributed by atoms with Crippen LogP contribution in [0.1, 0.15) is 0 Å². The molecule has 0 aliphatic carbocycles. The number of benzene rings is 2. The lowest BCUT2D eigenvalue weighted by molar-refractivity contribution is -0.384. The standard InChI is InChI=1S/C15H12ClN3O5/c1-24-11-4-2-3-9(7-11)17-14(20)15(21)18-13-8-10(19(22)23)5-6-12(13)16/h2-8H,1H3,(H,17,20)(H,18,21). The second-order valence-electron chi connectivity index (χ2n) is 4.56. The third-order valence-electron chi connectivity index (χ3n) is 2.94. The first-order valence-electron chi connectivity index (χ1n) is 6.61. The number of nitro groups is 1. The van der Waals surface area contributed by atoms with Gasteiger partial charge in [-0.05, 0) is 18.2 Å². The van der Waals surface area contributed by atoms with Crippen LogP contribution < -0.4 is 15.4 Å². The van der Waals surface area contributed by atoms with E-state index in [0.717, 1.165) is 6.07 Å². The van der Waals surface area contributed by atoms with Crippen molar-refractivity contribution in [2.75, 3.05) is 17.7 Å². The molecule has 0 spiro atoms. The van der Waals surface area contributed by atoms with Gasteiger partial charge in [0.15, 0.2) is 0 Å². The highest BCUT2D eigenvalue weighted by Gasteiger charge is 2.17. The van der Waals surface area contributed by atoms with E-state index in [-0.39, 0.29) is 16.4 Å². The van der Waals surface area contributed by atoms with E-state index in [0.29, 0.717) is 11.4 Å². The van der Waals surface area contributed by atoms with E-state index in [1.165, 1.54) is 25.3 Å². The van der Waals surface area contributed by atoms with E-state index in [2.05, 4.69) is 10.6 Å². The summed E-state index contributed by atoms with van der Waals surface area (Å²) in [5.74, 6) is -1.46. The fraction of sp³-hybridized carbons (Fsp3) is 0.0667. The van der Waals surface area contributed by atoms with E-state index in [1.807, 2.05) is 0 Å². The number of carbonyl (C=O) groups excluding carboxylic acids is 2. The summed E-state index contributed by atoms with van der Waals surface area (Å²) in [5.41, 5.74) is 0.0687. The number of nitrogens with one attached hydrogen (secondary N) is 2. The Bertz CT molecular complexity index is 809. The number of anilines is 2. The molecule has 0 saturated carbocycles. The van der Waals surface area contributed by atoms with Gasteiger partial charge in [-0.2, -0.15) is 0 Å². The van der Waals surface area contributed by atoms with Crippen LogP contribution in [-0.4, -0.2) is 23.8 Å². The molecule has 0 aliphatic rings. The Morgan fingerprint density at radius 3 is 2.50 bits per heavy atom. The third kappa shape index (κ3) is 4.20. The van der Waals surface area contributed by atoms with Crippen LogP contribution in [0.3, 0.4) is 0 Å². The molecule has 2 N–H and O–H groups in total. The number of carbonyl (C=O) groups is 2. The molecule has 0 aliphatic heterocycles. The normalized spacial score (nSPS) is 9.92. The van der Waals surface area contributed by atoms with Gasteiger partial charge >= 0.3 is 11.8 Å². The highest BCUT2D eigenvalue weighted by molar-refractivity contribution is 6.44. The minimum Gasteiger partial charge on any atom is -0.497 e. The molecule has 0 heterocycles. The Balaban J connectivity index is 2.10. The lowest BCUT2D eigenvalue weighted by Gasteiger charge is -2.08. The highest BCUT2D eigenvalue weighted by Crippen LogP contribution is 2.26. The fourth-order valence-electron chi connectivity index (χ4n) is 1.79. The first kappa shape index (κ1) is 17.2. The van der Waals surface area contributed by atoms with Crippen LogP contribution in [0.4, 0.5) is 17.1 Å². The van der Waals surface area contributed by atoms with E-state index in [4.69, 9.17) is 16.3 Å². The zero-order valence-electron chi connectivity index (χ0n) is 12.4. The van der Waals surface area contributed by atoms with Gasteiger partial charge in [0, 0.05) is 23.9 Å². The zero-order valence-corrected chi connectivity index (χ0v) is 13.2. The van der Waals surface area contributed by atoms with Crippen molar-refractivity contribution >= 4 is 40.5 Å². The Labute approximate surface area is 141 Å². The Morgan fingerprint density at radius 1 is 1.12 bits per heavy atom. The van der Waals surface area contributed by atoms with Gasteiger partial charge in [-0.1, -0.05) is 17.7 Å². The van der Waals surface area contributed by atoms with Gasteiger partial charge in [0.05, 0.1) is 22.7 Å². The summed E-state index contributed by atoms with van der Waals surface area (Å²) >= 11 is 5.86. The van der Waals surface area contributed by atoms with Gasteiger partial charge < -0.3 is 15.4 Å². The molecule has 0 atom stereocenters. The predicted molar refractivity (Wildman–Crippen MR) is 88.4 cm³/mol. The largest absolute Gasteiger partial charge is 0.497 e. The predicted octanol–water partition coefficient (Wildman–Crippen LogP) is 2.83. The molecule has 0 saturated heterocycles. The summed E-state index contributed by atoms with van der Waals surface area (Å²) in [6.07, 6.45) is 0. The van der Waals surface area contributed by atoms with Crippen LogP contribution in [0.5, 0.6) is 5.75 Å². The minimum atomic E-state index is -1.01. The smallest absolute Gasteiger partial charge is 0.314 e. The second kappa shape index (κ2) is 7.42. The van der Waals surface area contributed by atoms with E-state index >= 15 is 0 Å². The maximum absolute atomic E-state index is 11.9. The maximum Gasteiger partial charge on any atom is 0.314 e. The lowest BCUT2D eigenvalue weighted by Crippen LogP contribution is -2.29. The molecule has 8 nitrogen and oxygen atoms in total. The van der Waals surface area contributed by atoms with Crippen molar-refractivity contribution in [2.45, 2.75) is 0 Å². The van der Waals surface area contributed by atoms with Crippen LogP contribution in [0.15, 0.2) is 42.5 Å². The quantitative estimate of drug-likeness (QED) is 0.501. The number of rotatable bonds is 4. The zero-order chi connectivity index (χ0) is 17.7. The number of non-ortho nitro benzene ring substituents is 1. The Kier molecular flexibility index (Phi) is 5.33. The first-order chi connectivity index (χ1) is 11.4. The highest BCUT2D eigenvalue weighted by atomic mass is 35.5. The topological polar surface area (TPSA) is 111 Å². The van der Waals surface area contributed by atoms with Crippen molar-refractivity contribution < 1.29 is 19.2 Å². The average molecular weight is 350 g/mol. The van der Waals surface area contributed by atoms with Crippen LogP contribution in [-0.2, 0) is 9.59 Å². The summed E-state index contributed by atoms with van der Waals surface area (Å²) in [6, 6.07) is 9.95. The van der Waals surface area contributed by atoms with E-state index in [9.17, 15) is 19.7 Å². The number of nitrogens with zero attached hydrogens (tertiary/aromatic N) is 1. The summed E-state index contributed by atoms with van der Waals surface area (Å²) in [4.78, 5) is 33.9. The molecule has 2 amide bonds. The Morgan fingerprint density at radius 2 is 1.83 bits per heavy atom. The molecular weight excluding hydrogens is 338 g/mol. The van der Waals surface area contributed by atoms with Crippen molar-refractivity contribution in [3.63, 3.8) is 0 Å². The number of amides is 2. The summed E-state index contributed by atoms with van der Waals surface area (Å²) in [7, 11) is 1.47. The molecule has 24 heavy (non-hydrogen) atoms. The minimum absolute atomic E-state index is 0.0309. The van der Waals surface area contributed by atoms with Crippen LogP contribution in [0, 0.1) is 10.1 Å². The number of hydrogen-bond donors (Lipinski definition) is 2. The van der Waals surface area contributed by atoms with Crippen LogP contribution in [0.25, 0.3) is 0 Å². The third-order valence-corrected chi connectivity index (χ3v) is 3.27. The summed E-state index contributed by atoms with van der Waals surface area (Å²) in [6.45, 7) is 0. The number of nitro benzene ring substituents is 1. The molecule has 0 radical (unpaired) electrons.